The number of allylic oxidation sites excluding steroid dienone is 1. The van der Waals surface area contributed by atoms with Crippen LogP contribution in [-0.4, -0.2) is 50.8 Å². The van der Waals surface area contributed by atoms with Gasteiger partial charge in [-0.1, -0.05) is 18.9 Å². The van der Waals surface area contributed by atoms with Gasteiger partial charge in [0.1, 0.15) is 0 Å². The van der Waals surface area contributed by atoms with Crippen molar-refractivity contribution in [3.05, 3.63) is 12.7 Å². The highest BCUT2D eigenvalue weighted by atomic mass is 127. The number of ether oxygens (including phenoxy) is 1. The monoisotopic (exact) mass is 409 g/mol. The summed E-state index contributed by atoms with van der Waals surface area (Å²) in [5.41, 5.74) is 0. The SMILES string of the molecule is C=CCCCN(C)C(=NC)NCCCOC1CCCC1.I. The molecule has 21 heavy (non-hydrogen) atoms. The molecule has 1 aliphatic rings. The molecule has 0 spiro atoms. The first-order chi connectivity index (χ1) is 9.77. The van der Waals surface area contributed by atoms with E-state index in [1.54, 1.807) is 0 Å². The van der Waals surface area contributed by atoms with E-state index in [0.717, 1.165) is 44.9 Å². The second-order valence-electron chi connectivity index (χ2n) is 5.46. The molecular formula is C16H32IN3O. The molecule has 0 heterocycles. The van der Waals surface area contributed by atoms with Crippen LogP contribution in [0.5, 0.6) is 0 Å². The average Bonchev–Trinajstić information content (AvgIpc) is 2.96. The number of hydrogen-bond acceptors (Lipinski definition) is 2. The fourth-order valence-corrected chi connectivity index (χ4v) is 2.54. The van der Waals surface area contributed by atoms with E-state index < -0.39 is 0 Å². The van der Waals surface area contributed by atoms with Crippen LogP contribution in [0.15, 0.2) is 17.6 Å². The Balaban J connectivity index is 0.00000400. The Hall–Kier alpha value is -0.300. The maximum atomic E-state index is 5.85. The number of hydrogen-bond donors (Lipinski definition) is 1. The zero-order valence-corrected chi connectivity index (χ0v) is 16.0. The van der Waals surface area contributed by atoms with Crippen LogP contribution in [0.4, 0.5) is 0 Å². The summed E-state index contributed by atoms with van der Waals surface area (Å²) >= 11 is 0. The van der Waals surface area contributed by atoms with E-state index in [1.165, 1.54) is 25.7 Å². The molecule has 0 aliphatic heterocycles. The minimum absolute atomic E-state index is 0. The maximum Gasteiger partial charge on any atom is 0.193 e. The molecule has 124 valence electrons. The summed E-state index contributed by atoms with van der Waals surface area (Å²) in [6.07, 6.45) is 10.9. The van der Waals surface area contributed by atoms with Gasteiger partial charge in [0.15, 0.2) is 5.96 Å². The van der Waals surface area contributed by atoms with Crippen LogP contribution >= 0.6 is 24.0 Å². The molecule has 1 rings (SSSR count). The molecule has 0 radical (unpaired) electrons. The van der Waals surface area contributed by atoms with Crippen molar-refractivity contribution in [1.82, 2.24) is 10.2 Å². The third-order valence-electron chi connectivity index (χ3n) is 3.74. The number of unbranched alkanes of at least 4 members (excludes halogenated alkanes) is 1. The molecule has 4 nitrogen and oxygen atoms in total. The van der Waals surface area contributed by atoms with E-state index in [1.807, 2.05) is 13.1 Å². The Morgan fingerprint density at radius 3 is 2.71 bits per heavy atom. The lowest BCUT2D eigenvalue weighted by Gasteiger charge is -2.22. The highest BCUT2D eigenvalue weighted by Gasteiger charge is 2.14. The summed E-state index contributed by atoms with van der Waals surface area (Å²) in [6.45, 7) is 6.53. The number of halogens is 1. The molecule has 1 saturated carbocycles. The lowest BCUT2D eigenvalue weighted by Crippen LogP contribution is -2.40. The van der Waals surface area contributed by atoms with Gasteiger partial charge in [-0.15, -0.1) is 30.6 Å². The number of nitrogens with zero attached hydrogens (tertiary/aromatic N) is 2. The largest absolute Gasteiger partial charge is 0.378 e. The summed E-state index contributed by atoms with van der Waals surface area (Å²) in [5.74, 6) is 0.968. The zero-order chi connectivity index (χ0) is 14.6. The van der Waals surface area contributed by atoms with E-state index in [4.69, 9.17) is 4.74 Å². The Labute approximate surface area is 147 Å². The van der Waals surface area contributed by atoms with Gasteiger partial charge in [0.05, 0.1) is 6.10 Å². The smallest absolute Gasteiger partial charge is 0.193 e. The third kappa shape index (κ3) is 9.34. The molecule has 0 aromatic rings. The highest BCUT2D eigenvalue weighted by molar-refractivity contribution is 14.0. The Morgan fingerprint density at radius 2 is 2.10 bits per heavy atom. The van der Waals surface area contributed by atoms with Crippen LogP contribution in [-0.2, 0) is 4.74 Å². The van der Waals surface area contributed by atoms with Crippen LogP contribution < -0.4 is 5.32 Å². The van der Waals surface area contributed by atoms with E-state index >= 15 is 0 Å². The number of rotatable bonds is 9. The van der Waals surface area contributed by atoms with Crippen molar-refractivity contribution in [2.24, 2.45) is 4.99 Å². The van der Waals surface area contributed by atoms with Gasteiger partial charge >= 0.3 is 0 Å². The van der Waals surface area contributed by atoms with Gasteiger partial charge in [-0.25, -0.2) is 0 Å². The first kappa shape index (κ1) is 20.7. The van der Waals surface area contributed by atoms with Crippen molar-refractivity contribution in [1.29, 1.82) is 0 Å². The molecule has 0 saturated heterocycles. The summed E-state index contributed by atoms with van der Waals surface area (Å²) < 4.78 is 5.85. The summed E-state index contributed by atoms with van der Waals surface area (Å²) in [4.78, 5) is 6.47. The van der Waals surface area contributed by atoms with E-state index in [0.29, 0.717) is 6.10 Å². The van der Waals surface area contributed by atoms with Crippen LogP contribution in [0.3, 0.4) is 0 Å². The molecule has 0 amide bonds. The van der Waals surface area contributed by atoms with Gasteiger partial charge in [0, 0.05) is 33.8 Å². The van der Waals surface area contributed by atoms with Gasteiger partial charge in [-0.3, -0.25) is 4.99 Å². The molecule has 1 N–H and O–H groups in total. The zero-order valence-electron chi connectivity index (χ0n) is 13.6. The molecule has 1 aliphatic carbocycles. The molecule has 0 atom stereocenters. The van der Waals surface area contributed by atoms with Crippen molar-refractivity contribution < 1.29 is 4.74 Å². The van der Waals surface area contributed by atoms with Gasteiger partial charge in [-0.2, -0.15) is 0 Å². The van der Waals surface area contributed by atoms with E-state index in [2.05, 4.69) is 28.8 Å². The van der Waals surface area contributed by atoms with Gasteiger partial charge < -0.3 is 15.0 Å². The molecule has 1 fully saturated rings. The van der Waals surface area contributed by atoms with Crippen LogP contribution in [0.1, 0.15) is 44.9 Å². The van der Waals surface area contributed by atoms with Crippen molar-refractivity contribution in [2.75, 3.05) is 33.8 Å². The van der Waals surface area contributed by atoms with Crippen molar-refractivity contribution in [3.8, 4) is 0 Å². The second kappa shape index (κ2) is 13.4. The number of nitrogens with one attached hydrogen (secondary N) is 1. The Kier molecular flexibility index (Phi) is 13.2. The van der Waals surface area contributed by atoms with Crippen LogP contribution in [0.25, 0.3) is 0 Å². The Bertz CT molecular complexity index is 291. The minimum atomic E-state index is 0. The quantitative estimate of drug-likeness (QED) is 0.209. The van der Waals surface area contributed by atoms with Gasteiger partial charge in [0.25, 0.3) is 0 Å². The first-order valence-corrected chi connectivity index (χ1v) is 7.92. The first-order valence-electron chi connectivity index (χ1n) is 7.92. The fraction of sp³-hybridized carbons (Fsp3) is 0.812. The number of aliphatic imine (C=N–C) groups is 1. The molecular weight excluding hydrogens is 377 g/mol. The summed E-state index contributed by atoms with van der Waals surface area (Å²) in [5, 5.41) is 3.39. The van der Waals surface area contributed by atoms with Gasteiger partial charge in [0.2, 0.25) is 0 Å². The Morgan fingerprint density at radius 1 is 1.38 bits per heavy atom. The average molecular weight is 409 g/mol. The topological polar surface area (TPSA) is 36.9 Å². The van der Waals surface area contributed by atoms with Crippen molar-refractivity contribution in [3.63, 3.8) is 0 Å². The standard InChI is InChI=1S/C16H31N3O.HI/c1-4-5-8-13-19(3)16(17-2)18-12-9-14-20-15-10-6-7-11-15;/h4,15H,1,5-14H2,2-3H3,(H,17,18);1H. The molecule has 0 aromatic carbocycles. The third-order valence-corrected chi connectivity index (χ3v) is 3.74. The lowest BCUT2D eigenvalue weighted by atomic mass is 10.3. The summed E-state index contributed by atoms with van der Waals surface area (Å²) in [6, 6.07) is 0. The van der Waals surface area contributed by atoms with Crippen molar-refractivity contribution >= 4 is 29.9 Å². The highest BCUT2D eigenvalue weighted by Crippen LogP contribution is 2.20. The molecule has 0 aromatic heterocycles. The van der Waals surface area contributed by atoms with E-state index in [-0.39, 0.29) is 24.0 Å². The van der Waals surface area contributed by atoms with Gasteiger partial charge in [-0.05, 0) is 32.1 Å². The normalized spacial score (nSPS) is 15.6. The predicted octanol–water partition coefficient (Wildman–Crippen LogP) is 3.43. The van der Waals surface area contributed by atoms with Crippen LogP contribution in [0, 0.1) is 0 Å². The second-order valence-corrected chi connectivity index (χ2v) is 5.46. The minimum Gasteiger partial charge on any atom is -0.378 e. The lowest BCUT2D eigenvalue weighted by molar-refractivity contribution is 0.0573. The fourth-order valence-electron chi connectivity index (χ4n) is 2.54. The maximum absolute atomic E-state index is 5.85. The van der Waals surface area contributed by atoms with Crippen LogP contribution in [0.2, 0.25) is 0 Å². The summed E-state index contributed by atoms with van der Waals surface area (Å²) in [7, 11) is 3.91. The number of guanidine groups is 1. The molecule has 0 unspecified atom stereocenters. The molecule has 5 heteroatoms. The van der Waals surface area contributed by atoms with Crippen molar-refractivity contribution in [2.45, 2.75) is 51.0 Å². The van der Waals surface area contributed by atoms with E-state index in [9.17, 15) is 0 Å². The predicted molar refractivity (Wildman–Crippen MR) is 102 cm³/mol. The molecule has 0 bridgehead atoms.